The normalized spacial score (nSPS) is 14.1. The van der Waals surface area contributed by atoms with Crippen LogP contribution < -0.4 is 5.32 Å². The molecule has 1 aliphatic rings. The molecule has 0 aliphatic carbocycles. The first-order valence-corrected chi connectivity index (χ1v) is 12.7. The Morgan fingerprint density at radius 1 is 0.914 bits per heavy atom. The van der Waals surface area contributed by atoms with Crippen molar-refractivity contribution in [3.63, 3.8) is 0 Å². The lowest BCUT2D eigenvalue weighted by Gasteiger charge is -2.29. The van der Waals surface area contributed by atoms with E-state index in [-0.39, 0.29) is 4.90 Å². The first kappa shape index (κ1) is 21.5. The number of pyridine rings is 2. The lowest BCUT2D eigenvalue weighted by Crippen LogP contribution is -2.36. The van der Waals surface area contributed by atoms with Gasteiger partial charge < -0.3 is 5.32 Å². The Morgan fingerprint density at radius 3 is 2.60 bits per heavy atom. The van der Waals surface area contributed by atoms with Crippen molar-refractivity contribution >= 4 is 32.4 Å². The highest BCUT2D eigenvalue weighted by Gasteiger charge is 2.29. The van der Waals surface area contributed by atoms with Gasteiger partial charge in [-0.25, -0.2) is 18.1 Å². The predicted molar refractivity (Wildman–Crippen MR) is 134 cm³/mol. The van der Waals surface area contributed by atoms with Crippen LogP contribution in [0.1, 0.15) is 11.1 Å². The van der Waals surface area contributed by atoms with Crippen LogP contribution in [0.25, 0.3) is 16.6 Å². The number of anilines is 2. The summed E-state index contributed by atoms with van der Waals surface area (Å²) in [6.07, 6.45) is 7.57. The van der Waals surface area contributed by atoms with Gasteiger partial charge in [0.15, 0.2) is 0 Å². The minimum absolute atomic E-state index is 0.270. The SMILES string of the molecule is O=S(=O)(c1ccc(-n2cccn2)cc1)N1CCc2c(ccnc2Nc2cnc3ccccc3c2)C1. The van der Waals surface area contributed by atoms with Crippen LogP contribution in [0.3, 0.4) is 0 Å². The zero-order chi connectivity index (χ0) is 23.8. The molecule has 0 saturated carbocycles. The quantitative estimate of drug-likeness (QED) is 0.401. The average Bonchev–Trinajstić information content (AvgIpc) is 3.44. The van der Waals surface area contributed by atoms with Gasteiger partial charge in [0.25, 0.3) is 0 Å². The highest BCUT2D eigenvalue weighted by atomic mass is 32.2. The molecule has 0 atom stereocenters. The van der Waals surface area contributed by atoms with Gasteiger partial charge in [-0.15, -0.1) is 0 Å². The second-order valence-electron chi connectivity index (χ2n) is 8.37. The molecule has 5 aromatic rings. The molecule has 3 aromatic heterocycles. The van der Waals surface area contributed by atoms with Crippen molar-refractivity contribution in [1.82, 2.24) is 24.1 Å². The van der Waals surface area contributed by atoms with Gasteiger partial charge in [0.05, 0.1) is 28.0 Å². The van der Waals surface area contributed by atoms with Crippen LogP contribution in [0.2, 0.25) is 0 Å². The fourth-order valence-corrected chi connectivity index (χ4v) is 5.81. The maximum atomic E-state index is 13.4. The van der Waals surface area contributed by atoms with Crippen LogP contribution in [0.4, 0.5) is 11.5 Å². The van der Waals surface area contributed by atoms with Gasteiger partial charge in [-0.1, -0.05) is 18.2 Å². The Bertz CT molecular complexity index is 1620. The third-order valence-corrected chi connectivity index (χ3v) is 8.07. The van der Waals surface area contributed by atoms with E-state index in [1.165, 1.54) is 4.31 Å². The molecule has 1 N–H and O–H groups in total. The van der Waals surface area contributed by atoms with Gasteiger partial charge in [0.2, 0.25) is 10.0 Å². The van der Waals surface area contributed by atoms with E-state index >= 15 is 0 Å². The average molecular weight is 483 g/mol. The minimum Gasteiger partial charge on any atom is -0.339 e. The van der Waals surface area contributed by atoms with E-state index in [2.05, 4.69) is 20.4 Å². The molecule has 0 bridgehead atoms. The minimum atomic E-state index is -3.63. The van der Waals surface area contributed by atoms with Crippen LogP contribution in [0, 0.1) is 0 Å². The molecule has 0 amide bonds. The van der Waals surface area contributed by atoms with Crippen LogP contribution in [-0.2, 0) is 23.0 Å². The smallest absolute Gasteiger partial charge is 0.243 e. The number of rotatable bonds is 5. The third-order valence-electron chi connectivity index (χ3n) is 6.21. The molecule has 0 saturated heterocycles. The molecule has 0 spiro atoms. The Morgan fingerprint density at radius 2 is 1.77 bits per heavy atom. The number of para-hydroxylation sites is 1. The standard InChI is InChI=1S/C26H22N6O2S/c33-35(34,23-8-6-22(7-9-23)32-14-3-12-29-32)31-15-11-24-20(18-31)10-13-27-26(24)30-21-16-19-4-1-2-5-25(19)28-17-21/h1-10,12-14,16-17H,11,15,18H2,(H,27,30). The Hall–Kier alpha value is -4.08. The number of benzene rings is 2. The molecule has 8 nitrogen and oxygen atoms in total. The van der Waals surface area contributed by atoms with E-state index in [1.807, 2.05) is 48.7 Å². The topological polar surface area (TPSA) is 93.0 Å². The number of fused-ring (bicyclic) bond motifs is 2. The maximum Gasteiger partial charge on any atom is 0.243 e. The zero-order valence-corrected chi connectivity index (χ0v) is 19.6. The molecule has 0 radical (unpaired) electrons. The Kier molecular flexibility index (Phi) is 5.28. The first-order valence-electron chi connectivity index (χ1n) is 11.3. The van der Waals surface area contributed by atoms with Crippen LogP contribution in [-0.4, -0.2) is 39.0 Å². The van der Waals surface area contributed by atoms with Crippen LogP contribution in [0.5, 0.6) is 0 Å². The van der Waals surface area contributed by atoms with E-state index in [0.29, 0.717) is 19.5 Å². The van der Waals surface area contributed by atoms with Gasteiger partial charge in [-0.3, -0.25) is 4.98 Å². The molecular weight excluding hydrogens is 460 g/mol. The molecule has 4 heterocycles. The van der Waals surface area contributed by atoms with E-state index in [9.17, 15) is 8.42 Å². The molecule has 6 rings (SSSR count). The van der Waals surface area contributed by atoms with Crippen LogP contribution in [0.15, 0.2) is 96.4 Å². The number of hydrogen-bond donors (Lipinski definition) is 1. The maximum absolute atomic E-state index is 13.4. The van der Waals surface area contributed by atoms with Crippen molar-refractivity contribution in [3.05, 3.63) is 103 Å². The number of hydrogen-bond acceptors (Lipinski definition) is 6. The molecule has 1 aliphatic heterocycles. The second-order valence-corrected chi connectivity index (χ2v) is 10.3. The summed E-state index contributed by atoms with van der Waals surface area (Å²) in [5.74, 6) is 0.736. The van der Waals surface area contributed by atoms with Crippen molar-refractivity contribution in [2.45, 2.75) is 17.9 Å². The highest BCUT2D eigenvalue weighted by Crippen LogP contribution is 2.30. The van der Waals surface area contributed by atoms with Crippen molar-refractivity contribution < 1.29 is 8.42 Å². The number of nitrogens with zero attached hydrogens (tertiary/aromatic N) is 5. The first-order chi connectivity index (χ1) is 17.1. The third kappa shape index (κ3) is 4.05. The number of sulfonamides is 1. The van der Waals surface area contributed by atoms with Gasteiger partial charge in [-0.2, -0.15) is 9.40 Å². The van der Waals surface area contributed by atoms with E-state index in [1.54, 1.807) is 47.5 Å². The molecule has 2 aromatic carbocycles. The van der Waals surface area contributed by atoms with Crippen molar-refractivity contribution in [2.75, 3.05) is 11.9 Å². The van der Waals surface area contributed by atoms with Gasteiger partial charge in [0.1, 0.15) is 5.82 Å². The predicted octanol–water partition coefficient (Wildman–Crippen LogP) is 4.31. The number of nitrogens with one attached hydrogen (secondary N) is 1. The van der Waals surface area contributed by atoms with E-state index in [0.717, 1.165) is 39.2 Å². The van der Waals surface area contributed by atoms with Gasteiger partial charge >= 0.3 is 0 Å². The lowest BCUT2D eigenvalue weighted by atomic mass is 10.0. The van der Waals surface area contributed by atoms with Crippen molar-refractivity contribution in [2.24, 2.45) is 0 Å². The zero-order valence-electron chi connectivity index (χ0n) is 18.7. The summed E-state index contributed by atoms with van der Waals surface area (Å²) in [4.78, 5) is 9.31. The molecule has 0 fully saturated rings. The highest BCUT2D eigenvalue weighted by molar-refractivity contribution is 7.89. The van der Waals surface area contributed by atoms with Crippen molar-refractivity contribution in [1.29, 1.82) is 0 Å². The van der Waals surface area contributed by atoms with E-state index < -0.39 is 10.0 Å². The molecular formula is C26H22N6O2S. The second kappa shape index (κ2) is 8.61. The molecule has 9 heteroatoms. The fourth-order valence-electron chi connectivity index (χ4n) is 4.40. The summed E-state index contributed by atoms with van der Waals surface area (Å²) in [5.41, 5.74) is 4.56. The summed E-state index contributed by atoms with van der Waals surface area (Å²) in [6.45, 7) is 0.679. The molecule has 174 valence electrons. The summed E-state index contributed by atoms with van der Waals surface area (Å²) >= 11 is 0. The summed E-state index contributed by atoms with van der Waals surface area (Å²) in [7, 11) is -3.63. The fraction of sp³-hybridized carbons (Fsp3) is 0.115. The number of aromatic nitrogens is 4. The van der Waals surface area contributed by atoms with E-state index in [4.69, 9.17) is 0 Å². The molecule has 0 unspecified atom stereocenters. The lowest BCUT2D eigenvalue weighted by molar-refractivity contribution is 0.391. The van der Waals surface area contributed by atoms with Gasteiger partial charge in [-0.05, 0) is 60.5 Å². The summed E-state index contributed by atoms with van der Waals surface area (Å²) in [5, 5.41) is 8.61. The summed E-state index contributed by atoms with van der Waals surface area (Å²) in [6, 6.07) is 20.5. The monoisotopic (exact) mass is 482 g/mol. The van der Waals surface area contributed by atoms with Crippen molar-refractivity contribution in [3.8, 4) is 5.69 Å². The summed E-state index contributed by atoms with van der Waals surface area (Å²) < 4.78 is 29.9. The molecule has 35 heavy (non-hydrogen) atoms. The van der Waals surface area contributed by atoms with Crippen LogP contribution >= 0.6 is 0 Å². The largest absolute Gasteiger partial charge is 0.339 e. The van der Waals surface area contributed by atoms with Gasteiger partial charge in [0, 0.05) is 42.6 Å². The Labute approximate surface area is 202 Å². The Balaban J connectivity index is 1.24.